The Kier molecular flexibility index (Phi) is 4.30. The van der Waals surface area contributed by atoms with E-state index >= 15 is 0 Å². The molecule has 0 unspecified atom stereocenters. The van der Waals surface area contributed by atoms with E-state index in [1.807, 2.05) is 44.2 Å². The SMILES string of the molecule is CC(C)(Cc1ccccc1)C(=O)Nc1cnc2c(F)cccc2c1. The van der Waals surface area contributed by atoms with Gasteiger partial charge in [0.2, 0.25) is 5.91 Å². The number of hydrogen-bond acceptors (Lipinski definition) is 2. The van der Waals surface area contributed by atoms with E-state index in [0.717, 1.165) is 5.56 Å². The van der Waals surface area contributed by atoms with Crippen molar-refractivity contribution in [3.63, 3.8) is 0 Å². The summed E-state index contributed by atoms with van der Waals surface area (Å²) in [6, 6.07) is 16.4. The lowest BCUT2D eigenvalue weighted by molar-refractivity contribution is -0.123. The van der Waals surface area contributed by atoms with Crippen LogP contribution in [0.25, 0.3) is 10.9 Å². The average Bonchev–Trinajstić information content (AvgIpc) is 2.55. The minimum atomic E-state index is -0.571. The minimum absolute atomic E-state index is 0.0936. The number of carbonyl (C=O) groups excluding carboxylic acids is 1. The van der Waals surface area contributed by atoms with Gasteiger partial charge in [0.15, 0.2) is 0 Å². The highest BCUT2D eigenvalue weighted by molar-refractivity contribution is 5.96. The highest BCUT2D eigenvalue weighted by atomic mass is 19.1. The smallest absolute Gasteiger partial charge is 0.230 e. The number of rotatable bonds is 4. The fraction of sp³-hybridized carbons (Fsp3) is 0.200. The maximum Gasteiger partial charge on any atom is 0.230 e. The van der Waals surface area contributed by atoms with Crippen LogP contribution in [-0.4, -0.2) is 10.9 Å². The minimum Gasteiger partial charge on any atom is -0.324 e. The molecule has 1 aromatic heterocycles. The summed E-state index contributed by atoms with van der Waals surface area (Å²) >= 11 is 0. The number of aromatic nitrogens is 1. The van der Waals surface area contributed by atoms with Crippen molar-refractivity contribution in [1.82, 2.24) is 4.98 Å². The van der Waals surface area contributed by atoms with Crippen molar-refractivity contribution < 1.29 is 9.18 Å². The quantitative estimate of drug-likeness (QED) is 0.764. The lowest BCUT2D eigenvalue weighted by Gasteiger charge is -2.23. The monoisotopic (exact) mass is 322 g/mol. The lowest BCUT2D eigenvalue weighted by Crippen LogP contribution is -2.32. The largest absolute Gasteiger partial charge is 0.324 e. The molecule has 4 heteroatoms. The third kappa shape index (κ3) is 3.43. The van der Waals surface area contributed by atoms with Crippen molar-refractivity contribution >= 4 is 22.5 Å². The molecule has 1 amide bonds. The molecule has 0 spiro atoms. The van der Waals surface area contributed by atoms with E-state index in [-0.39, 0.29) is 11.7 Å². The number of amides is 1. The maximum absolute atomic E-state index is 13.7. The highest BCUT2D eigenvalue weighted by Gasteiger charge is 2.28. The molecule has 0 atom stereocenters. The normalized spacial score (nSPS) is 11.5. The predicted octanol–water partition coefficient (Wildman–Crippen LogP) is 4.58. The molecule has 0 saturated carbocycles. The first kappa shape index (κ1) is 16.1. The molecule has 0 fully saturated rings. The molecule has 3 aromatic rings. The Morgan fingerprint density at radius 2 is 1.88 bits per heavy atom. The van der Waals surface area contributed by atoms with Crippen molar-refractivity contribution in [3.05, 3.63) is 72.2 Å². The number of halogens is 1. The van der Waals surface area contributed by atoms with Crippen LogP contribution in [0.15, 0.2) is 60.8 Å². The summed E-state index contributed by atoms with van der Waals surface area (Å²) in [5, 5.41) is 3.55. The molecule has 3 nitrogen and oxygen atoms in total. The Labute approximate surface area is 140 Å². The number of fused-ring (bicyclic) bond motifs is 1. The van der Waals surface area contributed by atoms with Gasteiger partial charge in [0.25, 0.3) is 0 Å². The van der Waals surface area contributed by atoms with Gasteiger partial charge < -0.3 is 5.32 Å². The summed E-state index contributed by atoms with van der Waals surface area (Å²) in [5.41, 5.74) is 1.41. The first-order chi connectivity index (χ1) is 11.5. The van der Waals surface area contributed by atoms with Crippen LogP contribution in [0, 0.1) is 11.2 Å². The van der Waals surface area contributed by atoms with E-state index in [2.05, 4.69) is 10.3 Å². The first-order valence-corrected chi connectivity index (χ1v) is 7.85. The molecule has 122 valence electrons. The van der Waals surface area contributed by atoms with Crippen LogP contribution in [0.3, 0.4) is 0 Å². The van der Waals surface area contributed by atoms with Gasteiger partial charge in [-0.15, -0.1) is 0 Å². The Morgan fingerprint density at radius 1 is 1.12 bits per heavy atom. The zero-order valence-corrected chi connectivity index (χ0v) is 13.7. The van der Waals surface area contributed by atoms with E-state index in [1.165, 1.54) is 12.3 Å². The molecule has 0 saturated heterocycles. The van der Waals surface area contributed by atoms with Crippen LogP contribution in [-0.2, 0) is 11.2 Å². The van der Waals surface area contributed by atoms with Gasteiger partial charge in [0.1, 0.15) is 11.3 Å². The van der Waals surface area contributed by atoms with E-state index in [1.54, 1.807) is 18.2 Å². The van der Waals surface area contributed by atoms with Crippen LogP contribution in [0.4, 0.5) is 10.1 Å². The molecule has 0 aliphatic rings. The summed E-state index contributed by atoms with van der Waals surface area (Å²) in [6.45, 7) is 3.81. The second-order valence-corrected chi connectivity index (χ2v) is 6.54. The molecule has 1 heterocycles. The van der Waals surface area contributed by atoms with Crippen LogP contribution in [0.2, 0.25) is 0 Å². The van der Waals surface area contributed by atoms with Crippen molar-refractivity contribution in [2.45, 2.75) is 20.3 Å². The molecule has 1 N–H and O–H groups in total. The molecule has 0 bridgehead atoms. The molecular weight excluding hydrogens is 303 g/mol. The molecule has 0 aliphatic heterocycles. The third-order valence-electron chi connectivity index (χ3n) is 4.02. The summed E-state index contributed by atoms with van der Waals surface area (Å²) in [4.78, 5) is 16.7. The van der Waals surface area contributed by atoms with Crippen LogP contribution < -0.4 is 5.32 Å². The Balaban J connectivity index is 1.78. The van der Waals surface area contributed by atoms with Gasteiger partial charge >= 0.3 is 0 Å². The number of para-hydroxylation sites is 1. The second kappa shape index (κ2) is 6.40. The molecule has 0 aliphatic carbocycles. The van der Waals surface area contributed by atoms with Crippen LogP contribution in [0.1, 0.15) is 19.4 Å². The van der Waals surface area contributed by atoms with E-state index in [4.69, 9.17) is 0 Å². The molecule has 3 rings (SSSR count). The third-order valence-corrected chi connectivity index (χ3v) is 4.02. The van der Waals surface area contributed by atoms with Crippen molar-refractivity contribution in [2.24, 2.45) is 5.41 Å². The zero-order valence-electron chi connectivity index (χ0n) is 13.7. The topological polar surface area (TPSA) is 42.0 Å². The Bertz CT molecular complexity index is 875. The van der Waals surface area contributed by atoms with Gasteiger partial charge in [0, 0.05) is 10.8 Å². The summed E-state index contributed by atoms with van der Waals surface area (Å²) < 4.78 is 13.7. The maximum atomic E-state index is 13.7. The van der Waals surface area contributed by atoms with Gasteiger partial charge in [-0.2, -0.15) is 0 Å². The number of pyridine rings is 1. The second-order valence-electron chi connectivity index (χ2n) is 6.54. The fourth-order valence-electron chi connectivity index (χ4n) is 2.68. The Morgan fingerprint density at radius 3 is 2.62 bits per heavy atom. The van der Waals surface area contributed by atoms with Crippen LogP contribution >= 0.6 is 0 Å². The highest BCUT2D eigenvalue weighted by Crippen LogP contribution is 2.25. The summed E-state index contributed by atoms with van der Waals surface area (Å²) in [5.74, 6) is -0.460. The number of nitrogens with zero attached hydrogens (tertiary/aromatic N) is 1. The van der Waals surface area contributed by atoms with Gasteiger partial charge in [-0.05, 0) is 24.1 Å². The van der Waals surface area contributed by atoms with Crippen LogP contribution in [0.5, 0.6) is 0 Å². The zero-order chi connectivity index (χ0) is 17.2. The summed E-state index contributed by atoms with van der Waals surface area (Å²) in [7, 11) is 0. The average molecular weight is 322 g/mol. The van der Waals surface area contributed by atoms with Crippen molar-refractivity contribution in [3.8, 4) is 0 Å². The number of anilines is 1. The van der Waals surface area contributed by atoms with Crippen molar-refractivity contribution in [1.29, 1.82) is 0 Å². The van der Waals surface area contributed by atoms with Gasteiger partial charge in [0.05, 0.1) is 11.9 Å². The molecule has 24 heavy (non-hydrogen) atoms. The fourth-order valence-corrected chi connectivity index (χ4v) is 2.68. The number of benzene rings is 2. The van der Waals surface area contributed by atoms with E-state index in [0.29, 0.717) is 23.0 Å². The van der Waals surface area contributed by atoms with Gasteiger partial charge in [-0.3, -0.25) is 9.78 Å². The van der Waals surface area contributed by atoms with Gasteiger partial charge in [-0.1, -0.05) is 56.3 Å². The van der Waals surface area contributed by atoms with Gasteiger partial charge in [-0.25, -0.2) is 4.39 Å². The summed E-state index contributed by atoms with van der Waals surface area (Å²) in [6.07, 6.45) is 2.12. The van der Waals surface area contributed by atoms with E-state index in [9.17, 15) is 9.18 Å². The predicted molar refractivity (Wildman–Crippen MR) is 94.3 cm³/mol. The number of carbonyl (C=O) groups is 1. The first-order valence-electron chi connectivity index (χ1n) is 7.85. The van der Waals surface area contributed by atoms with Crippen molar-refractivity contribution in [2.75, 3.05) is 5.32 Å². The molecule has 0 radical (unpaired) electrons. The number of hydrogen-bond donors (Lipinski definition) is 1. The molecule has 2 aromatic carbocycles. The molecular formula is C20H19FN2O. The Hall–Kier alpha value is -2.75. The number of nitrogens with one attached hydrogen (secondary N) is 1. The standard InChI is InChI=1S/C20H19FN2O/c1-20(2,12-14-7-4-3-5-8-14)19(24)23-16-11-15-9-6-10-17(21)18(15)22-13-16/h3-11,13H,12H2,1-2H3,(H,23,24). The lowest BCUT2D eigenvalue weighted by atomic mass is 9.85. The van der Waals surface area contributed by atoms with E-state index < -0.39 is 5.41 Å².